The molecule has 0 bridgehead atoms. The van der Waals surface area contributed by atoms with E-state index in [-0.39, 0.29) is 5.78 Å². The summed E-state index contributed by atoms with van der Waals surface area (Å²) in [5.74, 6) is 0.00839. The van der Waals surface area contributed by atoms with Crippen LogP contribution in [-0.4, -0.2) is 10.8 Å². The minimum atomic E-state index is 0.00839. The van der Waals surface area contributed by atoms with E-state index in [1.54, 1.807) is 17.4 Å². The Labute approximate surface area is 126 Å². The van der Waals surface area contributed by atoms with Crippen LogP contribution in [0.3, 0.4) is 0 Å². The number of rotatable bonds is 3. The van der Waals surface area contributed by atoms with E-state index in [1.807, 2.05) is 43.3 Å². The lowest BCUT2D eigenvalue weighted by Gasteiger charge is -2.03. The smallest absolute Gasteiger partial charge is 0.171 e. The molecule has 0 unspecified atom stereocenters. The normalized spacial score (nSPS) is 10.9. The number of ketones is 1. The third-order valence-corrected chi connectivity index (χ3v) is 4.42. The van der Waals surface area contributed by atoms with Gasteiger partial charge >= 0.3 is 0 Å². The summed E-state index contributed by atoms with van der Waals surface area (Å²) in [5.41, 5.74) is 2.55. The van der Waals surface area contributed by atoms with Crippen LogP contribution in [0.15, 0.2) is 42.5 Å². The van der Waals surface area contributed by atoms with Crippen LogP contribution in [0.2, 0.25) is 5.02 Å². The monoisotopic (exact) mass is 301 g/mol. The largest absolute Gasteiger partial charge is 0.294 e. The van der Waals surface area contributed by atoms with E-state index in [1.165, 1.54) is 0 Å². The van der Waals surface area contributed by atoms with Gasteiger partial charge in [-0.3, -0.25) is 4.79 Å². The Morgan fingerprint density at radius 2 is 2.05 bits per heavy atom. The molecule has 0 aliphatic carbocycles. The van der Waals surface area contributed by atoms with E-state index in [0.717, 1.165) is 20.8 Å². The number of hydrogen-bond acceptors (Lipinski definition) is 3. The molecule has 2 nitrogen and oxygen atoms in total. The molecule has 1 heterocycles. The second kappa shape index (κ2) is 5.35. The number of aromatic nitrogens is 1. The zero-order valence-corrected chi connectivity index (χ0v) is 12.5. The maximum Gasteiger partial charge on any atom is 0.171 e. The van der Waals surface area contributed by atoms with Gasteiger partial charge in [0.1, 0.15) is 5.01 Å². The van der Waals surface area contributed by atoms with Gasteiger partial charge in [0.15, 0.2) is 5.78 Å². The molecule has 0 spiro atoms. The van der Waals surface area contributed by atoms with Crippen LogP contribution in [0, 0.1) is 6.92 Å². The molecule has 3 aromatic rings. The quantitative estimate of drug-likeness (QED) is 0.657. The van der Waals surface area contributed by atoms with E-state index in [0.29, 0.717) is 17.0 Å². The number of hydrogen-bond donors (Lipinski definition) is 0. The summed E-state index contributed by atoms with van der Waals surface area (Å²) in [6, 6.07) is 13.4. The summed E-state index contributed by atoms with van der Waals surface area (Å²) in [7, 11) is 0. The van der Waals surface area contributed by atoms with Crippen molar-refractivity contribution in [1.29, 1.82) is 0 Å². The Kier molecular flexibility index (Phi) is 3.55. The molecule has 4 heteroatoms. The van der Waals surface area contributed by atoms with Crippen LogP contribution in [0.4, 0.5) is 0 Å². The molecule has 0 aliphatic heterocycles. The summed E-state index contributed by atoms with van der Waals surface area (Å²) in [5, 5.41) is 1.34. The summed E-state index contributed by atoms with van der Waals surface area (Å²) < 4.78 is 1.10. The van der Waals surface area contributed by atoms with Crippen molar-refractivity contribution >= 4 is 38.9 Å². The number of aryl methyl sites for hydroxylation is 1. The van der Waals surface area contributed by atoms with Crippen molar-refractivity contribution in [2.75, 3.05) is 0 Å². The van der Waals surface area contributed by atoms with Crippen molar-refractivity contribution in [2.45, 2.75) is 13.3 Å². The van der Waals surface area contributed by atoms with E-state index >= 15 is 0 Å². The molecule has 0 amide bonds. The van der Waals surface area contributed by atoms with Gasteiger partial charge in [-0.05, 0) is 36.8 Å². The Balaban J connectivity index is 1.88. The number of carbonyl (C=O) groups is 1. The van der Waals surface area contributed by atoms with Gasteiger partial charge in [0.25, 0.3) is 0 Å². The van der Waals surface area contributed by atoms with Gasteiger partial charge in [-0.15, -0.1) is 11.3 Å². The van der Waals surface area contributed by atoms with Gasteiger partial charge in [0.2, 0.25) is 0 Å². The summed E-state index contributed by atoms with van der Waals surface area (Å²) in [6.07, 6.45) is 0.294. The van der Waals surface area contributed by atoms with Crippen LogP contribution in [-0.2, 0) is 6.42 Å². The molecular formula is C16H12ClNOS. The van der Waals surface area contributed by atoms with Crippen molar-refractivity contribution < 1.29 is 4.79 Å². The molecule has 0 radical (unpaired) electrons. The number of fused-ring (bicyclic) bond motifs is 1. The number of thiazole rings is 1. The third-order valence-electron chi connectivity index (χ3n) is 3.07. The van der Waals surface area contributed by atoms with Gasteiger partial charge in [0, 0.05) is 5.56 Å². The minimum Gasteiger partial charge on any atom is -0.294 e. The zero-order chi connectivity index (χ0) is 14.1. The van der Waals surface area contributed by atoms with Crippen LogP contribution in [0.5, 0.6) is 0 Å². The summed E-state index contributed by atoms with van der Waals surface area (Å²) >= 11 is 7.69. The predicted molar refractivity (Wildman–Crippen MR) is 83.8 cm³/mol. The van der Waals surface area contributed by atoms with Crippen LogP contribution >= 0.6 is 22.9 Å². The van der Waals surface area contributed by atoms with Gasteiger partial charge in [-0.1, -0.05) is 29.8 Å². The second-order valence-corrected chi connectivity index (χ2v) is 6.18. The first kappa shape index (κ1) is 13.3. The molecule has 100 valence electrons. The summed E-state index contributed by atoms with van der Waals surface area (Å²) in [4.78, 5) is 16.8. The number of para-hydroxylation sites is 1. The van der Waals surface area contributed by atoms with Crippen molar-refractivity contribution in [2.24, 2.45) is 0 Å². The molecular weight excluding hydrogens is 290 g/mol. The molecule has 1 aromatic heterocycles. The Morgan fingerprint density at radius 3 is 2.80 bits per heavy atom. The highest BCUT2D eigenvalue weighted by atomic mass is 35.5. The standard InChI is InChI=1S/C16H12ClNOS/c1-10-6-7-11(12(17)8-10)14(19)9-16-18-13-4-2-3-5-15(13)20-16/h2-8H,9H2,1H3. The van der Waals surface area contributed by atoms with Crippen molar-refractivity contribution in [1.82, 2.24) is 4.98 Å². The minimum absolute atomic E-state index is 0.00839. The van der Waals surface area contributed by atoms with Crippen LogP contribution < -0.4 is 0 Å². The first-order chi connectivity index (χ1) is 9.63. The second-order valence-electron chi connectivity index (χ2n) is 4.66. The molecule has 20 heavy (non-hydrogen) atoms. The fourth-order valence-corrected chi connectivity index (χ4v) is 3.38. The first-order valence-corrected chi connectivity index (χ1v) is 7.47. The molecule has 0 atom stereocenters. The van der Waals surface area contributed by atoms with Crippen molar-refractivity contribution in [3.05, 3.63) is 63.6 Å². The Hall–Kier alpha value is -1.71. The van der Waals surface area contributed by atoms with Crippen LogP contribution in [0.25, 0.3) is 10.2 Å². The van der Waals surface area contributed by atoms with Gasteiger partial charge < -0.3 is 0 Å². The molecule has 0 N–H and O–H groups in total. The Bertz CT molecular complexity index is 761. The average molecular weight is 302 g/mol. The number of halogens is 1. The van der Waals surface area contributed by atoms with E-state index in [9.17, 15) is 4.79 Å². The van der Waals surface area contributed by atoms with E-state index < -0.39 is 0 Å². The third kappa shape index (κ3) is 2.60. The molecule has 0 saturated carbocycles. The van der Waals surface area contributed by atoms with E-state index in [4.69, 9.17) is 11.6 Å². The fourth-order valence-electron chi connectivity index (χ4n) is 2.07. The lowest BCUT2D eigenvalue weighted by Crippen LogP contribution is -2.04. The first-order valence-electron chi connectivity index (χ1n) is 6.27. The van der Waals surface area contributed by atoms with E-state index in [2.05, 4.69) is 4.98 Å². The number of Topliss-reactive ketones (excluding diaryl/α,β-unsaturated/α-hetero) is 1. The maximum absolute atomic E-state index is 12.3. The highest BCUT2D eigenvalue weighted by Crippen LogP contribution is 2.24. The number of benzene rings is 2. The molecule has 2 aromatic carbocycles. The van der Waals surface area contributed by atoms with Gasteiger partial charge in [0.05, 0.1) is 21.7 Å². The summed E-state index contributed by atoms with van der Waals surface area (Å²) in [6.45, 7) is 1.95. The number of carbonyl (C=O) groups excluding carboxylic acids is 1. The lowest BCUT2D eigenvalue weighted by atomic mass is 10.1. The maximum atomic E-state index is 12.3. The molecule has 0 aliphatic rings. The number of nitrogens with zero attached hydrogens (tertiary/aromatic N) is 1. The predicted octanol–water partition coefficient (Wildman–Crippen LogP) is 4.68. The molecule has 0 saturated heterocycles. The van der Waals surface area contributed by atoms with Crippen molar-refractivity contribution in [3.63, 3.8) is 0 Å². The van der Waals surface area contributed by atoms with Crippen LogP contribution in [0.1, 0.15) is 20.9 Å². The van der Waals surface area contributed by atoms with Gasteiger partial charge in [-0.2, -0.15) is 0 Å². The van der Waals surface area contributed by atoms with Crippen molar-refractivity contribution in [3.8, 4) is 0 Å². The average Bonchev–Trinajstić information content (AvgIpc) is 2.80. The SMILES string of the molecule is Cc1ccc(C(=O)Cc2nc3ccccc3s2)c(Cl)c1. The van der Waals surface area contributed by atoms with Gasteiger partial charge in [-0.25, -0.2) is 4.98 Å². The fraction of sp³-hybridized carbons (Fsp3) is 0.125. The lowest BCUT2D eigenvalue weighted by molar-refractivity contribution is 0.0993. The highest BCUT2D eigenvalue weighted by molar-refractivity contribution is 7.18. The molecule has 3 rings (SSSR count). The topological polar surface area (TPSA) is 30.0 Å². The Morgan fingerprint density at radius 1 is 1.25 bits per heavy atom. The molecule has 0 fully saturated rings. The highest BCUT2D eigenvalue weighted by Gasteiger charge is 2.13. The zero-order valence-electron chi connectivity index (χ0n) is 10.9.